The third-order valence-corrected chi connectivity index (χ3v) is 8.83. The normalized spacial score (nSPS) is 21.3. The number of ether oxygens (including phenoxy) is 5. The number of carbonyl (C=O) groups excluding carboxylic acids is 6. The lowest BCUT2D eigenvalue weighted by atomic mass is 10.1. The molecule has 5 amide bonds. The fourth-order valence-corrected chi connectivity index (χ4v) is 6.01. The quantitative estimate of drug-likeness (QED) is 0.0438. The molecular weight excluding hydrogens is 674 g/mol. The molecule has 0 radical (unpaired) electrons. The molecule has 0 spiro atoms. The van der Waals surface area contributed by atoms with E-state index in [4.69, 9.17) is 23.7 Å². The molecule has 3 rings (SSSR count). The summed E-state index contributed by atoms with van der Waals surface area (Å²) < 4.78 is 52.9. The summed E-state index contributed by atoms with van der Waals surface area (Å²) in [7, 11) is -2.85. The van der Waals surface area contributed by atoms with E-state index in [-0.39, 0.29) is 57.0 Å². The standard InChI is InChI=1S/C29H45N5O14S/c1-43-15-16-44-14-13-31-49(41,42)33-28(39)45-17-20(18-47-29(40)48-34-25(36)10-11-26(34)37)32-24(35)9-6-12-30-27(38)46-19-23-21-7-4-2-3-5-8-22(21)23/h2-3,20-23,31H,4-19H2,1H3,(H,30,38)(H,32,35)(H,33,39)/b3-2-/t20-,21-,22+,23?/m1/s1. The van der Waals surface area contributed by atoms with E-state index >= 15 is 0 Å². The molecule has 4 N–H and O–H groups in total. The Hall–Kier alpha value is -4.01. The smallest absolute Gasteiger partial charge is 0.449 e. The van der Waals surface area contributed by atoms with Gasteiger partial charge in [0.05, 0.1) is 32.5 Å². The molecule has 1 unspecified atom stereocenters. The second-order valence-corrected chi connectivity index (χ2v) is 12.9. The number of hydrogen-bond donors (Lipinski definition) is 4. The third-order valence-electron chi connectivity index (χ3n) is 7.81. The average Bonchev–Trinajstić information content (AvgIpc) is 3.59. The highest BCUT2D eigenvalue weighted by Crippen LogP contribution is 2.52. The minimum atomic E-state index is -4.33. The fraction of sp³-hybridized carbons (Fsp3) is 0.724. The van der Waals surface area contributed by atoms with Crippen molar-refractivity contribution in [2.24, 2.45) is 17.8 Å². The molecule has 0 aromatic heterocycles. The van der Waals surface area contributed by atoms with Crippen LogP contribution in [0, 0.1) is 17.8 Å². The van der Waals surface area contributed by atoms with Crippen molar-refractivity contribution in [3.05, 3.63) is 12.2 Å². The lowest BCUT2D eigenvalue weighted by molar-refractivity contribution is -0.177. The van der Waals surface area contributed by atoms with E-state index in [1.165, 1.54) is 7.11 Å². The van der Waals surface area contributed by atoms with Gasteiger partial charge >= 0.3 is 28.6 Å². The Kier molecular flexibility index (Phi) is 16.5. The number of nitrogens with zero attached hydrogens (tertiary/aromatic N) is 1. The summed E-state index contributed by atoms with van der Waals surface area (Å²) >= 11 is 0. The molecule has 1 aliphatic heterocycles. The predicted molar refractivity (Wildman–Crippen MR) is 166 cm³/mol. The summed E-state index contributed by atoms with van der Waals surface area (Å²) in [5, 5.41) is 5.33. The van der Waals surface area contributed by atoms with Crippen LogP contribution < -0.4 is 20.1 Å². The second kappa shape index (κ2) is 20.5. The van der Waals surface area contributed by atoms with Gasteiger partial charge in [0.2, 0.25) is 5.91 Å². The van der Waals surface area contributed by atoms with E-state index in [0.29, 0.717) is 31.0 Å². The van der Waals surface area contributed by atoms with Gasteiger partial charge in [-0.25, -0.2) is 19.1 Å². The van der Waals surface area contributed by atoms with Gasteiger partial charge < -0.3 is 34.3 Å². The van der Waals surface area contributed by atoms with Crippen LogP contribution in [0.15, 0.2) is 12.2 Å². The van der Waals surface area contributed by atoms with Gasteiger partial charge in [-0.3, -0.25) is 19.2 Å². The van der Waals surface area contributed by atoms with Crippen molar-refractivity contribution in [1.82, 2.24) is 25.1 Å². The number of carbonyl (C=O) groups is 6. The Morgan fingerprint density at radius 3 is 2.24 bits per heavy atom. The molecule has 276 valence electrons. The number of allylic oxidation sites excluding steroid dienone is 2. The van der Waals surface area contributed by atoms with Gasteiger partial charge in [-0.2, -0.15) is 13.1 Å². The van der Waals surface area contributed by atoms with Crippen LogP contribution in [0.1, 0.15) is 51.4 Å². The first-order chi connectivity index (χ1) is 23.5. The van der Waals surface area contributed by atoms with E-state index in [2.05, 4.69) is 32.3 Å². The molecule has 1 saturated heterocycles. The van der Waals surface area contributed by atoms with Gasteiger partial charge in [-0.1, -0.05) is 17.2 Å². The number of rotatable bonds is 20. The first-order valence-corrected chi connectivity index (χ1v) is 17.5. The van der Waals surface area contributed by atoms with E-state index < -0.39 is 65.5 Å². The van der Waals surface area contributed by atoms with Crippen molar-refractivity contribution < 1.29 is 65.7 Å². The molecule has 0 aromatic carbocycles. The lowest BCUT2D eigenvalue weighted by Crippen LogP contribution is -2.46. The minimum Gasteiger partial charge on any atom is -0.449 e. The maximum atomic E-state index is 12.6. The topological polar surface area (TPSA) is 243 Å². The maximum Gasteiger partial charge on any atom is 0.534 e. The molecule has 4 atom stereocenters. The van der Waals surface area contributed by atoms with Crippen LogP contribution in [0.4, 0.5) is 14.4 Å². The summed E-state index contributed by atoms with van der Waals surface area (Å²) in [6.45, 7) is -0.437. The van der Waals surface area contributed by atoms with Crippen LogP contribution in [0.25, 0.3) is 0 Å². The average molecular weight is 720 g/mol. The molecule has 20 heteroatoms. The molecule has 19 nitrogen and oxygen atoms in total. The lowest BCUT2D eigenvalue weighted by Gasteiger charge is -2.19. The zero-order chi connectivity index (χ0) is 35.6. The van der Waals surface area contributed by atoms with Gasteiger partial charge in [0.25, 0.3) is 11.8 Å². The summed E-state index contributed by atoms with van der Waals surface area (Å²) in [6.07, 6.45) is 5.04. The number of alkyl carbamates (subject to hydrolysis) is 1. The summed E-state index contributed by atoms with van der Waals surface area (Å²) in [5.74, 6) is -0.535. The number of fused-ring (bicyclic) bond motifs is 1. The Balaban J connectivity index is 1.39. The zero-order valence-electron chi connectivity index (χ0n) is 27.3. The Bertz CT molecular complexity index is 1260. The summed E-state index contributed by atoms with van der Waals surface area (Å²) in [5.41, 5.74) is 0. The van der Waals surface area contributed by atoms with E-state index in [0.717, 1.165) is 25.7 Å². The number of imide groups is 1. The van der Waals surface area contributed by atoms with Gasteiger partial charge in [0.15, 0.2) is 0 Å². The Labute approximate surface area is 284 Å². The van der Waals surface area contributed by atoms with E-state index in [9.17, 15) is 37.2 Å². The molecule has 0 aromatic rings. The van der Waals surface area contributed by atoms with Gasteiger partial charge in [-0.05, 0) is 49.9 Å². The largest absolute Gasteiger partial charge is 0.534 e. The zero-order valence-corrected chi connectivity index (χ0v) is 28.2. The van der Waals surface area contributed by atoms with Crippen LogP contribution >= 0.6 is 0 Å². The molecule has 1 heterocycles. The van der Waals surface area contributed by atoms with Crippen LogP contribution in [0.2, 0.25) is 0 Å². The summed E-state index contributed by atoms with van der Waals surface area (Å²) in [4.78, 5) is 77.0. The van der Waals surface area contributed by atoms with Crippen molar-refractivity contribution in [3.8, 4) is 0 Å². The third kappa shape index (κ3) is 15.0. The summed E-state index contributed by atoms with van der Waals surface area (Å²) in [6, 6.07) is -1.20. The molecule has 49 heavy (non-hydrogen) atoms. The van der Waals surface area contributed by atoms with Crippen LogP contribution in [0.5, 0.6) is 0 Å². The highest BCUT2D eigenvalue weighted by atomic mass is 32.2. The van der Waals surface area contributed by atoms with Crippen molar-refractivity contribution in [1.29, 1.82) is 0 Å². The highest BCUT2D eigenvalue weighted by molar-refractivity contribution is 7.88. The molecule has 2 fully saturated rings. The molecule has 3 aliphatic rings. The fourth-order valence-electron chi connectivity index (χ4n) is 5.31. The van der Waals surface area contributed by atoms with E-state index in [1.54, 1.807) is 4.72 Å². The number of methoxy groups -OCH3 is 1. The second-order valence-electron chi connectivity index (χ2n) is 11.4. The van der Waals surface area contributed by atoms with Crippen molar-refractivity contribution >= 4 is 46.3 Å². The Morgan fingerprint density at radius 1 is 0.898 bits per heavy atom. The molecular formula is C29H45N5O14S. The number of hydroxylamine groups is 2. The van der Waals surface area contributed by atoms with Crippen LogP contribution in [-0.4, -0.2) is 115 Å². The van der Waals surface area contributed by atoms with Gasteiger partial charge in [-0.15, -0.1) is 0 Å². The number of hydrogen-bond acceptors (Lipinski definition) is 14. The van der Waals surface area contributed by atoms with E-state index in [1.807, 2.05) is 0 Å². The van der Waals surface area contributed by atoms with Crippen molar-refractivity contribution in [2.75, 3.05) is 59.8 Å². The molecule has 2 aliphatic carbocycles. The van der Waals surface area contributed by atoms with Crippen LogP contribution in [0.3, 0.4) is 0 Å². The number of nitrogens with one attached hydrogen (secondary N) is 4. The van der Waals surface area contributed by atoms with Crippen molar-refractivity contribution in [3.63, 3.8) is 0 Å². The predicted octanol–water partition coefficient (Wildman–Crippen LogP) is 0.411. The Morgan fingerprint density at radius 2 is 1.57 bits per heavy atom. The number of amides is 5. The van der Waals surface area contributed by atoms with Crippen LogP contribution in [-0.2, 0) is 53.1 Å². The SMILES string of the molecule is COCCOCCNS(=O)(=O)NC(=O)OC[C@H](COC(=O)ON1C(=O)CCC1=O)NC(=O)CCCNC(=O)OCC1[C@H]2CC/C=C\CC[C@@H]12. The molecule has 1 saturated carbocycles. The van der Waals surface area contributed by atoms with Gasteiger partial charge in [0.1, 0.15) is 13.2 Å². The molecule has 0 bridgehead atoms. The monoisotopic (exact) mass is 719 g/mol. The highest BCUT2D eigenvalue weighted by Gasteiger charge is 2.49. The van der Waals surface area contributed by atoms with Gasteiger partial charge in [0, 0.05) is 39.5 Å². The first kappa shape index (κ1) is 39.4. The van der Waals surface area contributed by atoms with Crippen molar-refractivity contribution in [2.45, 2.75) is 57.4 Å². The minimum absolute atomic E-state index is 0.00554. The maximum absolute atomic E-state index is 12.6. The first-order valence-electron chi connectivity index (χ1n) is 16.1.